The Balaban J connectivity index is 1.40. The van der Waals surface area contributed by atoms with Crippen LogP contribution in [0, 0.1) is 19.7 Å². The molecule has 0 radical (unpaired) electrons. The molecule has 3 aromatic rings. The van der Waals surface area contributed by atoms with E-state index in [9.17, 15) is 31.9 Å². The first kappa shape index (κ1) is 28.3. The predicted octanol–water partition coefficient (Wildman–Crippen LogP) is 4.94. The molecule has 8 nitrogen and oxygen atoms in total. The van der Waals surface area contributed by atoms with Gasteiger partial charge < -0.3 is 9.64 Å². The Morgan fingerprint density at radius 2 is 1.83 bits per heavy atom. The van der Waals surface area contributed by atoms with Gasteiger partial charge in [-0.25, -0.2) is 14.1 Å². The molecule has 3 amide bonds. The van der Waals surface area contributed by atoms with E-state index in [-0.39, 0.29) is 12.0 Å². The average molecular weight is 573 g/mol. The van der Waals surface area contributed by atoms with Gasteiger partial charge in [0.05, 0.1) is 5.69 Å². The lowest BCUT2D eigenvalue weighted by Gasteiger charge is -2.31. The molecule has 41 heavy (non-hydrogen) atoms. The SMILES string of the molecule is Cc1nn(C)c(C)c1-c1ccc2c(c1)CC[C@@]21OC(=O)N(CC(=O)N(Cc2ccc(F)cc2)[C@@H](C)C(F)(F)F)C1=O. The summed E-state index contributed by atoms with van der Waals surface area (Å²) in [7, 11) is 1.84. The van der Waals surface area contributed by atoms with Gasteiger partial charge in [0.25, 0.3) is 5.91 Å². The number of aryl methyl sites for hydroxylation is 3. The molecule has 2 atom stereocenters. The lowest BCUT2D eigenvalue weighted by molar-refractivity contribution is -0.187. The summed E-state index contributed by atoms with van der Waals surface area (Å²) in [5, 5.41) is 4.45. The highest BCUT2D eigenvalue weighted by molar-refractivity contribution is 6.06. The van der Waals surface area contributed by atoms with Crippen LogP contribution >= 0.6 is 0 Å². The van der Waals surface area contributed by atoms with Gasteiger partial charge in [0, 0.05) is 36.8 Å². The van der Waals surface area contributed by atoms with Gasteiger partial charge in [-0.3, -0.25) is 14.3 Å². The third-order valence-electron chi connectivity index (χ3n) is 7.98. The molecule has 5 rings (SSSR count). The maximum atomic E-state index is 13.7. The van der Waals surface area contributed by atoms with Crippen LogP contribution in [-0.4, -0.2) is 56.3 Å². The molecule has 1 saturated heterocycles. The van der Waals surface area contributed by atoms with Crippen molar-refractivity contribution in [1.29, 1.82) is 0 Å². The van der Waals surface area contributed by atoms with Crippen molar-refractivity contribution in [1.82, 2.24) is 19.6 Å². The van der Waals surface area contributed by atoms with Gasteiger partial charge >= 0.3 is 12.3 Å². The van der Waals surface area contributed by atoms with Crippen LogP contribution < -0.4 is 0 Å². The van der Waals surface area contributed by atoms with Crippen LogP contribution in [-0.2, 0) is 39.9 Å². The molecule has 1 aromatic heterocycles. The molecule has 216 valence electrons. The number of aromatic nitrogens is 2. The first-order valence-corrected chi connectivity index (χ1v) is 13.0. The second-order valence-electron chi connectivity index (χ2n) is 10.5. The summed E-state index contributed by atoms with van der Waals surface area (Å²) >= 11 is 0. The Kier molecular flexibility index (Phi) is 6.91. The van der Waals surface area contributed by atoms with E-state index in [1.807, 2.05) is 33.0 Å². The van der Waals surface area contributed by atoms with Crippen LogP contribution in [0.4, 0.5) is 22.4 Å². The molecule has 1 aliphatic carbocycles. The summed E-state index contributed by atoms with van der Waals surface area (Å²) in [5.41, 5.74) is 3.53. The number of hydrogen-bond donors (Lipinski definition) is 0. The zero-order valence-corrected chi connectivity index (χ0v) is 22.9. The van der Waals surface area contributed by atoms with E-state index in [1.54, 1.807) is 10.7 Å². The number of benzene rings is 2. The van der Waals surface area contributed by atoms with Gasteiger partial charge in [-0.2, -0.15) is 18.3 Å². The summed E-state index contributed by atoms with van der Waals surface area (Å²) in [5.74, 6) is -2.48. The number of rotatable bonds is 6. The number of imide groups is 1. The zero-order valence-electron chi connectivity index (χ0n) is 22.9. The Morgan fingerprint density at radius 1 is 1.15 bits per heavy atom. The molecule has 0 saturated carbocycles. The van der Waals surface area contributed by atoms with Crippen molar-refractivity contribution in [3.8, 4) is 11.1 Å². The number of alkyl halides is 3. The predicted molar refractivity (Wildman–Crippen MR) is 139 cm³/mol. The molecule has 2 aliphatic rings. The second kappa shape index (κ2) is 10.0. The second-order valence-corrected chi connectivity index (χ2v) is 10.5. The molecule has 2 aromatic carbocycles. The Hall–Kier alpha value is -4.22. The highest BCUT2D eigenvalue weighted by atomic mass is 19.4. The third-order valence-corrected chi connectivity index (χ3v) is 7.98. The minimum absolute atomic E-state index is 0.143. The summed E-state index contributed by atoms with van der Waals surface area (Å²) < 4.78 is 61.7. The fourth-order valence-corrected chi connectivity index (χ4v) is 5.63. The third kappa shape index (κ3) is 4.85. The van der Waals surface area contributed by atoms with E-state index in [1.165, 1.54) is 12.1 Å². The van der Waals surface area contributed by atoms with Gasteiger partial charge in [0.1, 0.15) is 18.4 Å². The van der Waals surface area contributed by atoms with Crippen molar-refractivity contribution >= 4 is 17.9 Å². The fraction of sp³-hybridized carbons (Fsp3) is 0.379. The van der Waals surface area contributed by atoms with E-state index in [0.717, 1.165) is 47.1 Å². The number of amides is 3. The highest BCUT2D eigenvalue weighted by Gasteiger charge is 2.58. The van der Waals surface area contributed by atoms with E-state index in [4.69, 9.17) is 4.74 Å². The minimum atomic E-state index is -4.78. The van der Waals surface area contributed by atoms with Gasteiger partial charge in [0.15, 0.2) is 0 Å². The van der Waals surface area contributed by atoms with Crippen LogP contribution in [0.3, 0.4) is 0 Å². The molecular formula is C29H28F4N4O4. The standard InChI is InChI=1S/C29H28F4N4O4/c1-16-25(17(2)35(4)34-16)21-7-10-23-20(13-21)11-12-28(23)26(39)37(27(40)41-28)15-24(38)36(18(3)29(31,32)33)14-19-5-8-22(30)9-6-19/h5-10,13,18H,11-12,14-15H2,1-4H3/t18-,28+/m0/s1. The van der Waals surface area contributed by atoms with Gasteiger partial charge in [-0.1, -0.05) is 30.3 Å². The molecule has 0 N–H and O–H groups in total. The van der Waals surface area contributed by atoms with Crippen LogP contribution in [0.25, 0.3) is 11.1 Å². The normalized spacial score (nSPS) is 19.1. The number of hydrogen-bond acceptors (Lipinski definition) is 5. The first-order valence-electron chi connectivity index (χ1n) is 13.0. The number of carbonyl (C=O) groups is 3. The largest absolute Gasteiger partial charge is 0.427 e. The topological polar surface area (TPSA) is 84.7 Å². The molecular weight excluding hydrogens is 544 g/mol. The van der Waals surface area contributed by atoms with Crippen LogP contribution in [0.2, 0.25) is 0 Å². The van der Waals surface area contributed by atoms with Crippen molar-refractivity contribution in [2.24, 2.45) is 7.05 Å². The molecule has 1 fully saturated rings. The maximum Gasteiger partial charge on any atom is 0.418 e. The smallest absolute Gasteiger partial charge is 0.418 e. The average Bonchev–Trinajstić information content (AvgIpc) is 3.48. The quantitative estimate of drug-likeness (QED) is 0.391. The number of carbonyl (C=O) groups excluding carboxylic acids is 3. The summed E-state index contributed by atoms with van der Waals surface area (Å²) in [6, 6.07) is 7.89. The van der Waals surface area contributed by atoms with Crippen molar-refractivity contribution in [2.45, 2.75) is 58.0 Å². The first-order chi connectivity index (χ1) is 19.2. The molecule has 1 spiro atoms. The van der Waals surface area contributed by atoms with Crippen LogP contribution in [0.1, 0.15) is 41.4 Å². The molecule has 12 heteroatoms. The number of fused-ring (bicyclic) bond motifs is 2. The Bertz CT molecular complexity index is 1550. The van der Waals surface area contributed by atoms with Gasteiger partial charge in [-0.15, -0.1) is 0 Å². The van der Waals surface area contributed by atoms with Crippen molar-refractivity contribution in [2.75, 3.05) is 6.54 Å². The molecule has 0 unspecified atom stereocenters. The molecule has 2 heterocycles. The van der Waals surface area contributed by atoms with Crippen molar-refractivity contribution in [3.05, 3.63) is 76.4 Å². The van der Waals surface area contributed by atoms with E-state index in [0.29, 0.717) is 21.8 Å². The highest BCUT2D eigenvalue weighted by Crippen LogP contribution is 2.46. The summed E-state index contributed by atoms with van der Waals surface area (Å²) in [6.45, 7) is 3.22. The number of halogens is 4. The lowest BCUT2D eigenvalue weighted by atomic mass is 9.92. The molecule has 1 aliphatic heterocycles. The Morgan fingerprint density at radius 3 is 2.44 bits per heavy atom. The summed E-state index contributed by atoms with van der Waals surface area (Å²) in [6.07, 6.45) is -5.31. The lowest BCUT2D eigenvalue weighted by Crippen LogP contribution is -2.51. The van der Waals surface area contributed by atoms with Crippen LogP contribution in [0.15, 0.2) is 42.5 Å². The van der Waals surface area contributed by atoms with E-state index >= 15 is 0 Å². The van der Waals surface area contributed by atoms with Gasteiger partial charge in [-0.05, 0) is 56.0 Å². The van der Waals surface area contributed by atoms with Crippen LogP contribution in [0.5, 0.6) is 0 Å². The fourth-order valence-electron chi connectivity index (χ4n) is 5.63. The van der Waals surface area contributed by atoms with E-state index in [2.05, 4.69) is 5.10 Å². The summed E-state index contributed by atoms with van der Waals surface area (Å²) in [4.78, 5) is 40.8. The number of ether oxygens (including phenoxy) is 1. The van der Waals surface area contributed by atoms with E-state index < -0.39 is 54.6 Å². The Labute approximate surface area is 233 Å². The minimum Gasteiger partial charge on any atom is -0.427 e. The van der Waals surface area contributed by atoms with Gasteiger partial charge in [0.2, 0.25) is 11.5 Å². The maximum absolute atomic E-state index is 13.7. The zero-order chi connectivity index (χ0) is 29.9. The molecule has 0 bridgehead atoms. The van der Waals surface area contributed by atoms with Crippen molar-refractivity contribution in [3.63, 3.8) is 0 Å². The van der Waals surface area contributed by atoms with Crippen molar-refractivity contribution < 1.29 is 36.7 Å². The number of nitrogens with zero attached hydrogens (tertiary/aromatic N) is 4. The monoisotopic (exact) mass is 572 g/mol.